The van der Waals surface area contributed by atoms with Crippen molar-refractivity contribution >= 4 is 0 Å². The van der Waals surface area contributed by atoms with Crippen molar-refractivity contribution in [2.45, 2.75) is 32.1 Å². The van der Waals surface area contributed by atoms with Gasteiger partial charge in [0.1, 0.15) is 12.0 Å². The fourth-order valence-corrected chi connectivity index (χ4v) is 1.97. The van der Waals surface area contributed by atoms with E-state index < -0.39 is 34.7 Å². The van der Waals surface area contributed by atoms with Crippen LogP contribution >= 0.6 is 0 Å². The van der Waals surface area contributed by atoms with E-state index in [2.05, 4.69) is 4.98 Å². The maximum Gasteiger partial charge on any atom is 0.417 e. The third-order valence-electron chi connectivity index (χ3n) is 2.95. The van der Waals surface area contributed by atoms with E-state index in [1.54, 1.807) is 13.8 Å². The molecule has 0 bridgehead atoms. The van der Waals surface area contributed by atoms with Crippen molar-refractivity contribution in [1.29, 1.82) is 0 Å². The zero-order valence-corrected chi connectivity index (χ0v) is 11.5. The summed E-state index contributed by atoms with van der Waals surface area (Å²) in [6.07, 6.45) is -9.06. The predicted octanol–water partition coefficient (Wildman–Crippen LogP) is 5.50. The van der Waals surface area contributed by atoms with E-state index >= 15 is 0 Å². The quantitative estimate of drug-likeness (QED) is 0.682. The second-order valence-electron chi connectivity index (χ2n) is 4.95. The Labute approximate surface area is 121 Å². The summed E-state index contributed by atoms with van der Waals surface area (Å²) in [5.74, 6) is -0.193. The van der Waals surface area contributed by atoms with Gasteiger partial charge in [0.2, 0.25) is 0 Å². The molecule has 0 spiro atoms. The lowest BCUT2D eigenvalue weighted by atomic mass is 9.97. The first-order valence-corrected chi connectivity index (χ1v) is 6.25. The molecule has 2 rings (SSSR count). The van der Waals surface area contributed by atoms with Gasteiger partial charge in [0.15, 0.2) is 5.89 Å². The van der Waals surface area contributed by atoms with Crippen LogP contribution in [0.3, 0.4) is 0 Å². The molecular formula is C14H11F6NO. The molecule has 0 aliphatic heterocycles. The Bertz CT molecular complexity index is 636. The number of rotatable bonds is 2. The molecule has 0 aliphatic carbocycles. The van der Waals surface area contributed by atoms with Gasteiger partial charge in [-0.1, -0.05) is 19.9 Å². The molecule has 1 aromatic carbocycles. The first-order chi connectivity index (χ1) is 10.0. The molecule has 1 heterocycles. The molecule has 0 fully saturated rings. The summed E-state index contributed by atoms with van der Waals surface area (Å²) in [4.78, 5) is 3.76. The number of oxazole rings is 1. The fraction of sp³-hybridized carbons (Fsp3) is 0.357. The average Bonchev–Trinajstić information content (AvgIpc) is 2.85. The third-order valence-corrected chi connectivity index (χ3v) is 2.95. The third kappa shape index (κ3) is 3.10. The van der Waals surface area contributed by atoms with Crippen LogP contribution in [-0.2, 0) is 12.4 Å². The fourth-order valence-electron chi connectivity index (χ4n) is 1.97. The van der Waals surface area contributed by atoms with Gasteiger partial charge in [0, 0.05) is 11.5 Å². The molecule has 8 heteroatoms. The van der Waals surface area contributed by atoms with E-state index in [0.29, 0.717) is 12.1 Å². The number of alkyl halides is 6. The number of aromatic nitrogens is 1. The molecular weight excluding hydrogens is 312 g/mol. The minimum atomic E-state index is -4.94. The van der Waals surface area contributed by atoms with Crippen molar-refractivity contribution in [2.75, 3.05) is 0 Å². The van der Waals surface area contributed by atoms with Crippen molar-refractivity contribution in [3.63, 3.8) is 0 Å². The van der Waals surface area contributed by atoms with Crippen molar-refractivity contribution < 1.29 is 30.8 Å². The lowest BCUT2D eigenvalue weighted by Crippen LogP contribution is -2.14. The second kappa shape index (κ2) is 5.33. The number of hydrogen-bond acceptors (Lipinski definition) is 2. The summed E-state index contributed by atoms with van der Waals surface area (Å²) in [6, 6.07) is 1.90. The summed E-state index contributed by atoms with van der Waals surface area (Å²) >= 11 is 0. The molecule has 120 valence electrons. The van der Waals surface area contributed by atoms with E-state index in [9.17, 15) is 26.3 Å². The molecule has 22 heavy (non-hydrogen) atoms. The van der Waals surface area contributed by atoms with Gasteiger partial charge in [-0.15, -0.1) is 0 Å². The SMILES string of the molecule is CC(C)c1nc(-c2c(C(F)(F)F)cccc2C(F)(F)F)co1. The molecule has 2 aromatic rings. The van der Waals surface area contributed by atoms with Crippen LogP contribution in [0.15, 0.2) is 28.9 Å². The van der Waals surface area contributed by atoms with Gasteiger partial charge in [-0.2, -0.15) is 26.3 Å². The van der Waals surface area contributed by atoms with Crippen molar-refractivity contribution in [3.05, 3.63) is 41.5 Å². The zero-order valence-electron chi connectivity index (χ0n) is 11.5. The monoisotopic (exact) mass is 323 g/mol. The molecule has 0 aliphatic rings. The lowest BCUT2D eigenvalue weighted by Gasteiger charge is -2.17. The van der Waals surface area contributed by atoms with Crippen molar-refractivity contribution in [3.8, 4) is 11.3 Å². The second-order valence-corrected chi connectivity index (χ2v) is 4.95. The van der Waals surface area contributed by atoms with E-state index in [0.717, 1.165) is 12.3 Å². The first kappa shape index (κ1) is 16.4. The van der Waals surface area contributed by atoms with Gasteiger partial charge in [0.05, 0.1) is 11.1 Å². The minimum absolute atomic E-state index is 0.0695. The smallest absolute Gasteiger partial charge is 0.417 e. The molecule has 0 amide bonds. The zero-order chi connectivity index (χ0) is 16.7. The van der Waals surface area contributed by atoms with Crippen LogP contribution in [0, 0.1) is 0 Å². The van der Waals surface area contributed by atoms with Crippen molar-refractivity contribution in [1.82, 2.24) is 4.98 Å². The molecule has 1 aromatic heterocycles. The Balaban J connectivity index is 2.74. The lowest BCUT2D eigenvalue weighted by molar-refractivity contribution is -0.142. The molecule has 2 nitrogen and oxygen atoms in total. The molecule has 0 saturated heterocycles. The highest BCUT2D eigenvalue weighted by atomic mass is 19.4. The number of halogens is 6. The van der Waals surface area contributed by atoms with E-state index in [1.165, 1.54) is 0 Å². The van der Waals surface area contributed by atoms with Crippen LogP contribution in [-0.4, -0.2) is 4.98 Å². The Morgan fingerprint density at radius 1 is 0.955 bits per heavy atom. The maximum absolute atomic E-state index is 13.0. The van der Waals surface area contributed by atoms with Crippen LogP contribution in [0.25, 0.3) is 11.3 Å². The van der Waals surface area contributed by atoms with Gasteiger partial charge in [0.25, 0.3) is 0 Å². The van der Waals surface area contributed by atoms with Gasteiger partial charge in [-0.05, 0) is 12.1 Å². The molecule has 0 N–H and O–H groups in total. The number of hydrogen-bond donors (Lipinski definition) is 0. The van der Waals surface area contributed by atoms with Crippen LogP contribution in [0.5, 0.6) is 0 Å². The Kier molecular flexibility index (Phi) is 3.97. The first-order valence-electron chi connectivity index (χ1n) is 6.25. The highest BCUT2D eigenvalue weighted by molar-refractivity contribution is 5.69. The Hall–Kier alpha value is -1.99. The van der Waals surface area contributed by atoms with Gasteiger partial charge >= 0.3 is 12.4 Å². The average molecular weight is 323 g/mol. The van der Waals surface area contributed by atoms with Crippen LogP contribution in [0.2, 0.25) is 0 Å². The maximum atomic E-state index is 13.0. The van der Waals surface area contributed by atoms with E-state index in [-0.39, 0.29) is 11.8 Å². The van der Waals surface area contributed by atoms with Crippen LogP contribution in [0.4, 0.5) is 26.3 Å². The van der Waals surface area contributed by atoms with Crippen LogP contribution < -0.4 is 0 Å². The minimum Gasteiger partial charge on any atom is -0.448 e. The van der Waals surface area contributed by atoms with Crippen molar-refractivity contribution in [2.24, 2.45) is 0 Å². The van der Waals surface area contributed by atoms with Gasteiger partial charge in [-0.3, -0.25) is 0 Å². The van der Waals surface area contributed by atoms with Gasteiger partial charge in [-0.25, -0.2) is 4.98 Å². The summed E-state index contributed by atoms with van der Waals surface area (Å²) < 4.78 is 83.2. The Morgan fingerprint density at radius 2 is 1.45 bits per heavy atom. The van der Waals surface area contributed by atoms with E-state index in [1.807, 2.05) is 0 Å². The standard InChI is InChI=1S/C14H11F6NO/c1-7(2)12-21-10(6-22-12)11-8(13(15,16)17)4-3-5-9(11)14(18,19)20/h3-7H,1-2H3. The molecule has 0 atom stereocenters. The summed E-state index contributed by atoms with van der Waals surface area (Å²) in [7, 11) is 0. The van der Waals surface area contributed by atoms with E-state index in [4.69, 9.17) is 4.42 Å². The molecule has 0 saturated carbocycles. The summed E-state index contributed by atoms with van der Waals surface area (Å²) in [5, 5.41) is 0. The number of benzene rings is 1. The molecule has 0 radical (unpaired) electrons. The predicted molar refractivity (Wildman–Crippen MR) is 66.0 cm³/mol. The summed E-state index contributed by atoms with van der Waals surface area (Å²) in [5.41, 5.74) is -4.29. The Morgan fingerprint density at radius 3 is 1.82 bits per heavy atom. The highest BCUT2D eigenvalue weighted by Crippen LogP contribution is 2.44. The largest absolute Gasteiger partial charge is 0.448 e. The normalized spacial score (nSPS) is 13.0. The summed E-state index contributed by atoms with van der Waals surface area (Å²) in [6.45, 7) is 3.33. The number of nitrogens with zero attached hydrogens (tertiary/aromatic N) is 1. The van der Waals surface area contributed by atoms with Gasteiger partial charge < -0.3 is 4.42 Å². The van der Waals surface area contributed by atoms with Crippen LogP contribution in [0.1, 0.15) is 36.8 Å². The highest BCUT2D eigenvalue weighted by Gasteiger charge is 2.41. The topological polar surface area (TPSA) is 26.0 Å². The molecule has 0 unspecified atom stereocenters.